The molecule has 0 bridgehead atoms. The minimum atomic E-state index is -4.48. The first kappa shape index (κ1) is 21.0. The number of carbonyl (C=O) groups excluding carboxylic acids is 1. The Morgan fingerprint density at radius 1 is 0.833 bits per heavy atom. The number of hydrogen-bond acceptors (Lipinski definition) is 3. The molecular weight excluding hydrogens is 393 g/mol. The summed E-state index contributed by atoms with van der Waals surface area (Å²) in [6.45, 7) is 3.72. The van der Waals surface area contributed by atoms with E-state index in [0.717, 1.165) is 28.9 Å². The van der Waals surface area contributed by atoms with Crippen LogP contribution in [0.3, 0.4) is 0 Å². The molecule has 0 saturated heterocycles. The van der Waals surface area contributed by atoms with Gasteiger partial charge >= 0.3 is 12.2 Å². The van der Waals surface area contributed by atoms with Gasteiger partial charge in [0.05, 0.1) is 16.9 Å². The van der Waals surface area contributed by atoms with E-state index in [1.165, 1.54) is 12.1 Å². The third kappa shape index (κ3) is 5.44. The lowest BCUT2D eigenvalue weighted by atomic mass is 10.2. The van der Waals surface area contributed by atoms with E-state index in [1.54, 1.807) is 25.1 Å². The number of alkyl halides is 3. The molecule has 30 heavy (non-hydrogen) atoms. The Morgan fingerprint density at radius 3 is 2.30 bits per heavy atom. The summed E-state index contributed by atoms with van der Waals surface area (Å²) in [5.74, 6) is 0. The Hall–Kier alpha value is -3.68. The van der Waals surface area contributed by atoms with E-state index < -0.39 is 17.8 Å². The lowest BCUT2D eigenvalue weighted by Gasteiger charge is -2.12. The molecule has 0 spiro atoms. The van der Waals surface area contributed by atoms with Crippen LogP contribution in [-0.4, -0.2) is 6.03 Å². The highest BCUT2D eigenvalue weighted by atomic mass is 19.4. The molecule has 0 heterocycles. The molecule has 0 unspecified atom stereocenters. The highest BCUT2D eigenvalue weighted by Crippen LogP contribution is 2.31. The minimum Gasteiger partial charge on any atom is -0.308 e. The third-order valence-electron chi connectivity index (χ3n) is 4.29. The van der Waals surface area contributed by atoms with Crippen LogP contribution in [0.2, 0.25) is 0 Å². The monoisotopic (exact) mass is 412 g/mol. The fraction of sp³-hybridized carbons (Fsp3) is 0.136. The van der Waals surface area contributed by atoms with E-state index in [2.05, 4.69) is 20.9 Å². The standard InChI is InChI=1S/C22H19F3N4O/c1-14-6-3-4-9-20(14)29-28-18-10-11-19(15(2)12-18)27-21(30)26-17-8-5-7-16(13-17)22(23,24)25/h3-13H,1-2H3,(H2,26,27,30). The van der Waals surface area contributed by atoms with Crippen molar-refractivity contribution in [2.45, 2.75) is 20.0 Å². The average molecular weight is 412 g/mol. The van der Waals surface area contributed by atoms with Gasteiger partial charge in [-0.15, -0.1) is 0 Å². The average Bonchev–Trinajstić information content (AvgIpc) is 2.69. The number of halogens is 3. The van der Waals surface area contributed by atoms with Gasteiger partial charge in [-0.2, -0.15) is 23.4 Å². The molecule has 154 valence electrons. The molecule has 0 saturated carbocycles. The second-order valence-electron chi connectivity index (χ2n) is 6.64. The Morgan fingerprint density at radius 2 is 1.60 bits per heavy atom. The van der Waals surface area contributed by atoms with Crippen molar-refractivity contribution in [1.29, 1.82) is 0 Å². The van der Waals surface area contributed by atoms with E-state index in [4.69, 9.17) is 0 Å². The number of azo groups is 1. The van der Waals surface area contributed by atoms with Crippen LogP contribution in [0.4, 0.5) is 40.7 Å². The fourth-order valence-electron chi connectivity index (χ4n) is 2.70. The molecule has 0 aliphatic rings. The summed E-state index contributed by atoms with van der Waals surface area (Å²) >= 11 is 0. The van der Waals surface area contributed by atoms with Gasteiger partial charge in [-0.25, -0.2) is 4.79 Å². The maximum Gasteiger partial charge on any atom is 0.416 e. The number of benzene rings is 3. The molecule has 0 aliphatic carbocycles. The second-order valence-corrected chi connectivity index (χ2v) is 6.64. The number of nitrogens with zero attached hydrogens (tertiary/aromatic N) is 2. The van der Waals surface area contributed by atoms with Gasteiger partial charge in [-0.05, 0) is 67.4 Å². The van der Waals surface area contributed by atoms with Crippen LogP contribution in [0.25, 0.3) is 0 Å². The summed E-state index contributed by atoms with van der Waals surface area (Å²) in [5.41, 5.74) is 2.83. The van der Waals surface area contributed by atoms with Gasteiger partial charge in [0.25, 0.3) is 0 Å². The van der Waals surface area contributed by atoms with Crippen molar-refractivity contribution >= 4 is 28.8 Å². The van der Waals surface area contributed by atoms with Crippen molar-refractivity contribution in [3.05, 3.63) is 83.4 Å². The van der Waals surface area contributed by atoms with Gasteiger partial charge in [0.1, 0.15) is 0 Å². The second kappa shape index (κ2) is 8.77. The van der Waals surface area contributed by atoms with E-state index in [9.17, 15) is 18.0 Å². The smallest absolute Gasteiger partial charge is 0.308 e. The van der Waals surface area contributed by atoms with E-state index in [1.807, 2.05) is 31.2 Å². The lowest BCUT2D eigenvalue weighted by Crippen LogP contribution is -2.20. The highest BCUT2D eigenvalue weighted by Gasteiger charge is 2.30. The van der Waals surface area contributed by atoms with Crippen molar-refractivity contribution in [3.8, 4) is 0 Å². The largest absolute Gasteiger partial charge is 0.416 e. The number of nitrogens with one attached hydrogen (secondary N) is 2. The van der Waals surface area contributed by atoms with Crippen molar-refractivity contribution in [3.63, 3.8) is 0 Å². The third-order valence-corrected chi connectivity index (χ3v) is 4.29. The van der Waals surface area contributed by atoms with Crippen molar-refractivity contribution in [2.75, 3.05) is 10.6 Å². The van der Waals surface area contributed by atoms with Gasteiger partial charge in [0, 0.05) is 11.4 Å². The number of carbonyl (C=O) groups is 1. The highest BCUT2D eigenvalue weighted by molar-refractivity contribution is 6.00. The van der Waals surface area contributed by atoms with E-state index in [-0.39, 0.29) is 5.69 Å². The Balaban J connectivity index is 1.67. The van der Waals surface area contributed by atoms with Gasteiger partial charge in [-0.3, -0.25) is 0 Å². The summed E-state index contributed by atoms with van der Waals surface area (Å²) in [5, 5.41) is 13.5. The quantitative estimate of drug-likeness (QED) is 0.431. The van der Waals surface area contributed by atoms with Crippen LogP contribution in [0.5, 0.6) is 0 Å². The zero-order valence-corrected chi connectivity index (χ0v) is 16.3. The predicted octanol–water partition coefficient (Wildman–Crippen LogP) is 7.38. The zero-order chi connectivity index (χ0) is 21.7. The van der Waals surface area contributed by atoms with Gasteiger partial charge in [0.15, 0.2) is 0 Å². The summed E-state index contributed by atoms with van der Waals surface area (Å²) in [6.07, 6.45) is -4.48. The molecule has 5 nitrogen and oxygen atoms in total. The van der Waals surface area contributed by atoms with Crippen LogP contribution in [0.1, 0.15) is 16.7 Å². The molecule has 3 rings (SSSR count). The molecule has 8 heteroatoms. The number of rotatable bonds is 4. The Bertz CT molecular complexity index is 1090. The van der Waals surface area contributed by atoms with Gasteiger partial charge in [0.2, 0.25) is 0 Å². The molecule has 0 aromatic heterocycles. The molecule has 0 radical (unpaired) electrons. The van der Waals surface area contributed by atoms with Gasteiger partial charge in [-0.1, -0.05) is 24.3 Å². The fourth-order valence-corrected chi connectivity index (χ4v) is 2.70. The number of aryl methyl sites for hydroxylation is 2. The summed E-state index contributed by atoms with van der Waals surface area (Å²) in [4.78, 5) is 12.2. The van der Waals surface area contributed by atoms with Crippen LogP contribution >= 0.6 is 0 Å². The molecule has 0 fully saturated rings. The SMILES string of the molecule is Cc1ccccc1N=Nc1ccc(NC(=O)Nc2cccc(C(F)(F)F)c2)c(C)c1. The molecule has 3 aromatic rings. The van der Waals surface area contributed by atoms with Crippen LogP contribution in [0, 0.1) is 13.8 Å². The summed E-state index contributed by atoms with van der Waals surface area (Å²) in [7, 11) is 0. The molecule has 2 amide bonds. The first-order valence-electron chi connectivity index (χ1n) is 9.06. The number of anilines is 2. The predicted molar refractivity (Wildman–Crippen MR) is 111 cm³/mol. The molecule has 0 aliphatic heterocycles. The van der Waals surface area contributed by atoms with Crippen LogP contribution in [-0.2, 0) is 6.18 Å². The molecule has 3 aromatic carbocycles. The van der Waals surface area contributed by atoms with Crippen molar-refractivity contribution < 1.29 is 18.0 Å². The zero-order valence-electron chi connectivity index (χ0n) is 16.3. The first-order chi connectivity index (χ1) is 14.2. The maximum atomic E-state index is 12.8. The van der Waals surface area contributed by atoms with Crippen LogP contribution in [0.15, 0.2) is 77.0 Å². The van der Waals surface area contributed by atoms with E-state index >= 15 is 0 Å². The topological polar surface area (TPSA) is 65.8 Å². The maximum absolute atomic E-state index is 12.8. The van der Waals surface area contributed by atoms with Crippen molar-refractivity contribution in [1.82, 2.24) is 0 Å². The van der Waals surface area contributed by atoms with Gasteiger partial charge < -0.3 is 10.6 Å². The minimum absolute atomic E-state index is 0.0450. The summed E-state index contributed by atoms with van der Waals surface area (Å²) < 4.78 is 38.4. The molecular formula is C22H19F3N4O. The summed E-state index contributed by atoms with van der Waals surface area (Å²) in [6, 6.07) is 16.5. The molecule has 0 atom stereocenters. The van der Waals surface area contributed by atoms with E-state index in [0.29, 0.717) is 11.4 Å². The Labute approximate surface area is 171 Å². The molecule has 2 N–H and O–H groups in total. The number of urea groups is 1. The normalized spacial score (nSPS) is 11.5. The Kier molecular flexibility index (Phi) is 6.15. The first-order valence-corrected chi connectivity index (χ1v) is 9.06. The number of hydrogen-bond donors (Lipinski definition) is 2. The van der Waals surface area contributed by atoms with Crippen LogP contribution < -0.4 is 10.6 Å². The van der Waals surface area contributed by atoms with Crippen molar-refractivity contribution in [2.24, 2.45) is 10.2 Å². The lowest BCUT2D eigenvalue weighted by molar-refractivity contribution is -0.137. The number of amides is 2.